The summed E-state index contributed by atoms with van der Waals surface area (Å²) in [5, 5.41) is 9.13. The van der Waals surface area contributed by atoms with Crippen LogP contribution in [0.5, 0.6) is 0 Å². The highest BCUT2D eigenvalue weighted by molar-refractivity contribution is 6.31. The summed E-state index contributed by atoms with van der Waals surface area (Å²) < 4.78 is 13.2. The maximum Gasteiger partial charge on any atom is 0.293 e. The molecule has 1 aliphatic rings. The highest BCUT2D eigenvalue weighted by atomic mass is 35.5. The van der Waals surface area contributed by atoms with E-state index in [-0.39, 0.29) is 17.7 Å². The summed E-state index contributed by atoms with van der Waals surface area (Å²) in [5.41, 5.74) is 3.23. The Labute approximate surface area is 196 Å². The molecule has 170 valence electrons. The molecule has 1 atom stereocenters. The third-order valence-corrected chi connectivity index (χ3v) is 6.32. The van der Waals surface area contributed by atoms with Crippen molar-refractivity contribution < 1.29 is 13.7 Å². The van der Waals surface area contributed by atoms with E-state index in [1.165, 1.54) is 0 Å². The third kappa shape index (κ3) is 4.30. The molecule has 0 aliphatic carbocycles. The van der Waals surface area contributed by atoms with E-state index in [0.29, 0.717) is 35.3 Å². The Morgan fingerprint density at radius 3 is 2.91 bits per heavy atom. The average molecular weight is 466 g/mol. The van der Waals surface area contributed by atoms with E-state index < -0.39 is 0 Å². The molecule has 0 N–H and O–H groups in total. The predicted octanol–water partition coefficient (Wildman–Crippen LogP) is 4.98. The monoisotopic (exact) mass is 465 g/mol. The van der Waals surface area contributed by atoms with Crippen molar-refractivity contribution in [2.24, 2.45) is 7.05 Å². The van der Waals surface area contributed by atoms with Crippen molar-refractivity contribution in [1.82, 2.24) is 24.8 Å². The molecule has 0 radical (unpaired) electrons. The molecule has 8 nitrogen and oxygen atoms in total. The van der Waals surface area contributed by atoms with Gasteiger partial charge in [-0.1, -0.05) is 35.0 Å². The standard InChI is InChI=1S/C24H24ClN5O3/c1-15-18(14-29(2)27-15)20-12-22(33-28-20)24(31)30-10-6-5-9-21(30)23-26-13-17(32-23)11-16-7-3-4-8-19(16)25/h3-4,7-8,12-14,21H,5-6,9-11H2,1-2H3. The van der Waals surface area contributed by atoms with Crippen LogP contribution in [0, 0.1) is 6.92 Å². The molecular weight excluding hydrogens is 442 g/mol. The number of hydrogen-bond donors (Lipinski definition) is 0. The minimum atomic E-state index is -0.250. The Bertz CT molecular complexity index is 1290. The molecule has 1 unspecified atom stereocenters. The first-order valence-electron chi connectivity index (χ1n) is 11.0. The number of likely N-dealkylation sites (tertiary alicyclic amines) is 1. The number of carbonyl (C=O) groups is 1. The predicted molar refractivity (Wildman–Crippen MR) is 122 cm³/mol. The molecular formula is C24H24ClN5O3. The minimum absolute atomic E-state index is 0.197. The Morgan fingerprint density at radius 1 is 1.27 bits per heavy atom. The lowest BCUT2D eigenvalue weighted by atomic mass is 10.0. The van der Waals surface area contributed by atoms with Gasteiger partial charge in [-0.05, 0) is 37.8 Å². The summed E-state index contributed by atoms with van der Waals surface area (Å²) in [6, 6.07) is 9.09. The molecule has 4 aromatic rings. The van der Waals surface area contributed by atoms with Gasteiger partial charge in [0.15, 0.2) is 0 Å². The van der Waals surface area contributed by atoms with Gasteiger partial charge >= 0.3 is 0 Å². The van der Waals surface area contributed by atoms with Crippen LogP contribution in [0.25, 0.3) is 11.3 Å². The molecule has 1 amide bonds. The number of nitrogens with zero attached hydrogens (tertiary/aromatic N) is 5. The molecule has 4 heterocycles. The SMILES string of the molecule is Cc1nn(C)cc1-c1cc(C(=O)N2CCCCC2c2ncc(Cc3ccccc3Cl)o2)on1. The van der Waals surface area contributed by atoms with Gasteiger partial charge in [-0.25, -0.2) is 4.98 Å². The van der Waals surface area contributed by atoms with Crippen LogP contribution >= 0.6 is 11.6 Å². The van der Waals surface area contributed by atoms with Crippen LogP contribution in [0.3, 0.4) is 0 Å². The fourth-order valence-electron chi connectivity index (χ4n) is 4.31. The lowest BCUT2D eigenvalue weighted by Gasteiger charge is -2.32. The topological polar surface area (TPSA) is 90.2 Å². The lowest BCUT2D eigenvalue weighted by molar-refractivity contribution is 0.0528. The number of benzene rings is 1. The van der Waals surface area contributed by atoms with Gasteiger partial charge in [-0.2, -0.15) is 5.10 Å². The molecule has 3 aromatic heterocycles. The van der Waals surface area contributed by atoms with E-state index in [2.05, 4.69) is 15.2 Å². The highest BCUT2D eigenvalue weighted by Gasteiger charge is 2.34. The Kier molecular flexibility index (Phi) is 5.76. The molecule has 1 fully saturated rings. The molecule has 1 aliphatic heterocycles. The van der Waals surface area contributed by atoms with Crippen molar-refractivity contribution in [3.63, 3.8) is 0 Å². The van der Waals surface area contributed by atoms with Gasteiger partial charge in [-0.3, -0.25) is 9.48 Å². The minimum Gasteiger partial charge on any atom is -0.443 e. The van der Waals surface area contributed by atoms with Gasteiger partial charge in [0.1, 0.15) is 17.5 Å². The molecule has 1 aromatic carbocycles. The number of piperidine rings is 1. The number of halogens is 1. The number of hydrogen-bond acceptors (Lipinski definition) is 6. The first kappa shape index (κ1) is 21.5. The van der Waals surface area contributed by atoms with E-state index in [1.54, 1.807) is 21.8 Å². The Morgan fingerprint density at radius 2 is 2.12 bits per heavy atom. The molecule has 33 heavy (non-hydrogen) atoms. The van der Waals surface area contributed by atoms with Gasteiger partial charge < -0.3 is 13.8 Å². The van der Waals surface area contributed by atoms with Gasteiger partial charge in [0.05, 0.1) is 11.9 Å². The van der Waals surface area contributed by atoms with Crippen molar-refractivity contribution in [3.05, 3.63) is 76.4 Å². The largest absolute Gasteiger partial charge is 0.443 e. The Balaban J connectivity index is 1.36. The van der Waals surface area contributed by atoms with E-state index in [9.17, 15) is 4.79 Å². The van der Waals surface area contributed by atoms with Crippen LogP contribution in [0.1, 0.15) is 58.8 Å². The summed E-state index contributed by atoms with van der Waals surface area (Å²) in [4.78, 5) is 19.6. The number of amides is 1. The van der Waals surface area contributed by atoms with Gasteiger partial charge in [-0.15, -0.1) is 0 Å². The number of aryl methyl sites for hydroxylation is 2. The maximum absolute atomic E-state index is 13.3. The third-order valence-electron chi connectivity index (χ3n) is 5.95. The number of aromatic nitrogens is 4. The first-order chi connectivity index (χ1) is 16.0. The van der Waals surface area contributed by atoms with E-state index >= 15 is 0 Å². The second kappa shape index (κ2) is 8.86. The van der Waals surface area contributed by atoms with Crippen LogP contribution in [-0.4, -0.2) is 37.3 Å². The Hall–Kier alpha value is -3.39. The van der Waals surface area contributed by atoms with Crippen LogP contribution < -0.4 is 0 Å². The summed E-state index contributed by atoms with van der Waals surface area (Å²) in [6.45, 7) is 2.50. The zero-order chi connectivity index (χ0) is 22.9. The quantitative estimate of drug-likeness (QED) is 0.412. The van der Waals surface area contributed by atoms with Crippen molar-refractivity contribution in [3.8, 4) is 11.3 Å². The van der Waals surface area contributed by atoms with Crippen molar-refractivity contribution in [1.29, 1.82) is 0 Å². The molecule has 0 saturated carbocycles. The van der Waals surface area contributed by atoms with Crippen LogP contribution in [0.2, 0.25) is 5.02 Å². The summed E-state index contributed by atoms with van der Waals surface area (Å²) in [6.07, 6.45) is 6.81. The fraction of sp³-hybridized carbons (Fsp3) is 0.333. The first-order valence-corrected chi connectivity index (χ1v) is 11.3. The van der Waals surface area contributed by atoms with Gasteiger partial charge in [0, 0.05) is 42.9 Å². The molecule has 1 saturated heterocycles. The molecule has 0 bridgehead atoms. The maximum atomic E-state index is 13.3. The second-order valence-electron chi connectivity index (χ2n) is 8.32. The number of carbonyl (C=O) groups excluding carboxylic acids is 1. The normalized spacial score (nSPS) is 16.3. The second-order valence-corrected chi connectivity index (χ2v) is 8.73. The van der Waals surface area contributed by atoms with Crippen LogP contribution in [0.4, 0.5) is 0 Å². The summed E-state index contributed by atoms with van der Waals surface area (Å²) in [5.74, 6) is 1.23. The zero-order valence-electron chi connectivity index (χ0n) is 18.5. The number of rotatable bonds is 5. The molecule has 0 spiro atoms. The molecule has 5 rings (SSSR count). The van der Waals surface area contributed by atoms with E-state index in [0.717, 1.165) is 36.1 Å². The van der Waals surface area contributed by atoms with Crippen LogP contribution in [-0.2, 0) is 13.5 Å². The number of oxazole rings is 1. The van der Waals surface area contributed by atoms with Crippen molar-refractivity contribution in [2.45, 2.75) is 38.6 Å². The fourth-order valence-corrected chi connectivity index (χ4v) is 4.52. The summed E-state index contributed by atoms with van der Waals surface area (Å²) >= 11 is 6.28. The summed E-state index contributed by atoms with van der Waals surface area (Å²) in [7, 11) is 1.84. The lowest BCUT2D eigenvalue weighted by Crippen LogP contribution is -2.38. The van der Waals surface area contributed by atoms with E-state index in [4.69, 9.17) is 20.5 Å². The highest BCUT2D eigenvalue weighted by Crippen LogP contribution is 2.33. The van der Waals surface area contributed by atoms with Gasteiger partial charge in [0.25, 0.3) is 5.91 Å². The van der Waals surface area contributed by atoms with E-state index in [1.807, 2.05) is 44.4 Å². The molecule has 9 heteroatoms. The smallest absolute Gasteiger partial charge is 0.293 e. The van der Waals surface area contributed by atoms with Crippen LogP contribution in [0.15, 0.2) is 51.7 Å². The van der Waals surface area contributed by atoms with Crippen molar-refractivity contribution >= 4 is 17.5 Å². The van der Waals surface area contributed by atoms with Gasteiger partial charge in [0.2, 0.25) is 11.7 Å². The van der Waals surface area contributed by atoms with Crippen molar-refractivity contribution in [2.75, 3.05) is 6.54 Å². The zero-order valence-corrected chi connectivity index (χ0v) is 19.2. The average Bonchev–Trinajstić information content (AvgIpc) is 3.55.